The fourth-order valence-corrected chi connectivity index (χ4v) is 2.24. The lowest BCUT2D eigenvalue weighted by molar-refractivity contribution is -0.127. The van der Waals surface area contributed by atoms with Crippen LogP contribution in [0.5, 0.6) is 0 Å². The summed E-state index contributed by atoms with van der Waals surface area (Å²) in [4.78, 5) is 17.7. The molecular weight excluding hydrogens is 438 g/mol. The third-order valence-electron chi connectivity index (χ3n) is 3.82. The van der Waals surface area contributed by atoms with E-state index in [1.54, 1.807) is 26.2 Å². The highest BCUT2D eigenvalue weighted by atomic mass is 127. The Balaban J connectivity index is 0.00000312. The summed E-state index contributed by atoms with van der Waals surface area (Å²) in [5, 5.41) is 6.29. The molecule has 140 valence electrons. The van der Waals surface area contributed by atoms with E-state index < -0.39 is 0 Å². The first-order valence-corrected chi connectivity index (χ1v) is 8.09. The summed E-state index contributed by atoms with van der Waals surface area (Å²) in [5.41, 5.74) is 0.903. The largest absolute Gasteiger partial charge is 0.381 e. The number of likely N-dealkylation sites (N-methyl/N-ethyl adjacent to an activating group) is 1. The van der Waals surface area contributed by atoms with E-state index >= 15 is 0 Å². The number of hydrogen-bond donors (Lipinski definition) is 2. The van der Waals surface area contributed by atoms with Gasteiger partial charge in [-0.05, 0) is 24.1 Å². The van der Waals surface area contributed by atoms with Crippen molar-refractivity contribution in [1.82, 2.24) is 15.5 Å². The molecule has 1 heterocycles. The minimum absolute atomic E-state index is 0. The monoisotopic (exact) mass is 464 g/mol. The van der Waals surface area contributed by atoms with E-state index in [1.807, 2.05) is 0 Å². The Morgan fingerprint density at radius 3 is 2.64 bits per heavy atom. The van der Waals surface area contributed by atoms with Gasteiger partial charge in [-0.1, -0.05) is 12.1 Å². The van der Waals surface area contributed by atoms with Gasteiger partial charge in [-0.2, -0.15) is 0 Å². The number of guanidine groups is 1. The Bertz CT molecular complexity index is 560. The molecule has 2 rings (SSSR count). The van der Waals surface area contributed by atoms with Crippen molar-refractivity contribution in [1.29, 1.82) is 0 Å². The molecule has 1 atom stereocenters. The van der Waals surface area contributed by atoms with Crippen LogP contribution in [0.4, 0.5) is 4.39 Å². The van der Waals surface area contributed by atoms with Gasteiger partial charge in [0.25, 0.3) is 0 Å². The van der Waals surface area contributed by atoms with Crippen LogP contribution >= 0.6 is 24.0 Å². The summed E-state index contributed by atoms with van der Waals surface area (Å²) in [5.74, 6) is 0.723. The second-order valence-electron chi connectivity index (χ2n) is 6.04. The molecular formula is C17H26FIN4O2. The number of amides is 1. The van der Waals surface area contributed by atoms with Crippen LogP contribution in [0.25, 0.3) is 0 Å². The summed E-state index contributed by atoms with van der Waals surface area (Å²) in [6, 6.07) is 6.23. The molecule has 1 amide bonds. The summed E-state index contributed by atoms with van der Waals surface area (Å²) in [6.45, 7) is 2.86. The fourth-order valence-electron chi connectivity index (χ4n) is 2.24. The number of ether oxygens (including phenoxy) is 1. The van der Waals surface area contributed by atoms with Crippen molar-refractivity contribution < 1.29 is 13.9 Å². The first-order valence-electron chi connectivity index (χ1n) is 8.09. The van der Waals surface area contributed by atoms with E-state index in [-0.39, 0.29) is 42.2 Å². The van der Waals surface area contributed by atoms with Crippen LogP contribution in [-0.2, 0) is 16.1 Å². The van der Waals surface area contributed by atoms with E-state index in [0.717, 1.165) is 31.7 Å². The number of nitrogens with one attached hydrogen (secondary N) is 2. The summed E-state index contributed by atoms with van der Waals surface area (Å²) >= 11 is 0. The highest BCUT2D eigenvalue weighted by molar-refractivity contribution is 14.0. The van der Waals surface area contributed by atoms with Gasteiger partial charge in [-0.25, -0.2) is 9.38 Å². The average Bonchev–Trinajstić information content (AvgIpc) is 3.08. The van der Waals surface area contributed by atoms with Crippen LogP contribution in [0.15, 0.2) is 29.3 Å². The average molecular weight is 464 g/mol. The number of hydrogen-bond acceptors (Lipinski definition) is 3. The van der Waals surface area contributed by atoms with Crippen LogP contribution in [0.1, 0.15) is 12.0 Å². The van der Waals surface area contributed by atoms with Crippen LogP contribution in [0, 0.1) is 11.7 Å². The normalized spacial score (nSPS) is 16.9. The molecule has 25 heavy (non-hydrogen) atoms. The van der Waals surface area contributed by atoms with Gasteiger partial charge < -0.3 is 20.3 Å². The van der Waals surface area contributed by atoms with Gasteiger partial charge in [0.05, 0.1) is 19.7 Å². The molecule has 1 aromatic carbocycles. The Morgan fingerprint density at radius 1 is 1.32 bits per heavy atom. The summed E-state index contributed by atoms with van der Waals surface area (Å²) in [7, 11) is 3.42. The SMILES string of the molecule is CN(C)C(=O)CNC(=NCc1ccc(F)cc1)NCC1CCOC1.I. The number of rotatable bonds is 6. The van der Waals surface area contributed by atoms with Gasteiger partial charge in [-0.3, -0.25) is 4.79 Å². The fraction of sp³-hybridized carbons (Fsp3) is 0.529. The van der Waals surface area contributed by atoms with Gasteiger partial charge in [0.2, 0.25) is 5.91 Å². The zero-order valence-corrected chi connectivity index (χ0v) is 17.0. The van der Waals surface area contributed by atoms with E-state index in [9.17, 15) is 9.18 Å². The third kappa shape index (κ3) is 8.00. The Hall–Kier alpha value is -1.42. The first kappa shape index (κ1) is 21.6. The Kier molecular flexibility index (Phi) is 9.73. The van der Waals surface area contributed by atoms with Gasteiger partial charge in [0, 0.05) is 33.2 Å². The molecule has 1 aliphatic heterocycles. The molecule has 1 aliphatic rings. The minimum Gasteiger partial charge on any atom is -0.381 e. The van der Waals surface area contributed by atoms with Crippen LogP contribution < -0.4 is 10.6 Å². The van der Waals surface area contributed by atoms with Crippen LogP contribution in [0.2, 0.25) is 0 Å². The maximum absolute atomic E-state index is 12.9. The molecule has 0 bridgehead atoms. The maximum atomic E-state index is 12.9. The van der Waals surface area contributed by atoms with Gasteiger partial charge in [0.15, 0.2) is 5.96 Å². The first-order chi connectivity index (χ1) is 11.5. The van der Waals surface area contributed by atoms with Crippen molar-refractivity contribution in [3.8, 4) is 0 Å². The molecule has 0 spiro atoms. The van der Waals surface area contributed by atoms with Crippen LogP contribution in [0.3, 0.4) is 0 Å². The lowest BCUT2D eigenvalue weighted by atomic mass is 10.1. The van der Waals surface area contributed by atoms with E-state index in [1.165, 1.54) is 17.0 Å². The standard InChI is InChI=1S/C17H25FN4O2.HI/c1-22(2)16(23)11-21-17(20-10-14-7-8-24-12-14)19-9-13-3-5-15(18)6-4-13;/h3-6,14H,7-12H2,1-2H3,(H2,19,20,21);1H. The molecule has 8 heteroatoms. The third-order valence-corrected chi connectivity index (χ3v) is 3.82. The minimum atomic E-state index is -0.267. The molecule has 0 radical (unpaired) electrons. The van der Waals surface area contributed by atoms with Crippen molar-refractivity contribution in [2.24, 2.45) is 10.9 Å². The predicted octanol–water partition coefficient (Wildman–Crippen LogP) is 1.60. The van der Waals surface area contributed by atoms with E-state index in [2.05, 4.69) is 15.6 Å². The molecule has 1 saturated heterocycles. The summed E-state index contributed by atoms with van der Waals surface area (Å²) in [6.07, 6.45) is 1.02. The van der Waals surface area contributed by atoms with Crippen molar-refractivity contribution in [3.05, 3.63) is 35.6 Å². The quantitative estimate of drug-likeness (QED) is 0.382. The topological polar surface area (TPSA) is 66.0 Å². The molecule has 0 aromatic heterocycles. The van der Waals surface area contributed by atoms with Crippen molar-refractivity contribution >= 4 is 35.8 Å². The lowest BCUT2D eigenvalue weighted by Gasteiger charge is -2.16. The van der Waals surface area contributed by atoms with E-state index in [4.69, 9.17) is 4.74 Å². The zero-order chi connectivity index (χ0) is 17.4. The number of carbonyl (C=O) groups excluding carboxylic acids is 1. The van der Waals surface area contributed by atoms with Crippen molar-refractivity contribution in [2.75, 3.05) is 40.4 Å². The maximum Gasteiger partial charge on any atom is 0.241 e. The number of halogens is 2. The molecule has 1 fully saturated rings. The van der Waals surface area contributed by atoms with Crippen molar-refractivity contribution in [2.45, 2.75) is 13.0 Å². The molecule has 1 aromatic rings. The molecule has 6 nitrogen and oxygen atoms in total. The van der Waals surface area contributed by atoms with E-state index in [0.29, 0.717) is 18.4 Å². The summed E-state index contributed by atoms with van der Waals surface area (Å²) < 4.78 is 18.3. The van der Waals surface area contributed by atoms with Gasteiger partial charge in [0.1, 0.15) is 5.82 Å². The Morgan fingerprint density at radius 2 is 2.04 bits per heavy atom. The van der Waals surface area contributed by atoms with Crippen molar-refractivity contribution in [3.63, 3.8) is 0 Å². The second-order valence-corrected chi connectivity index (χ2v) is 6.04. The van der Waals surface area contributed by atoms with Gasteiger partial charge >= 0.3 is 0 Å². The van der Waals surface area contributed by atoms with Crippen LogP contribution in [-0.4, -0.2) is 57.2 Å². The lowest BCUT2D eigenvalue weighted by Crippen LogP contribution is -2.44. The highest BCUT2D eigenvalue weighted by Crippen LogP contribution is 2.10. The smallest absolute Gasteiger partial charge is 0.241 e. The molecule has 0 saturated carbocycles. The number of benzene rings is 1. The number of aliphatic imine (C=N–C) groups is 1. The molecule has 0 aliphatic carbocycles. The molecule has 2 N–H and O–H groups in total. The number of nitrogens with zero attached hydrogens (tertiary/aromatic N) is 2. The zero-order valence-electron chi connectivity index (χ0n) is 14.6. The second kappa shape index (κ2) is 11.2. The molecule has 1 unspecified atom stereocenters. The highest BCUT2D eigenvalue weighted by Gasteiger charge is 2.16. The number of carbonyl (C=O) groups is 1. The predicted molar refractivity (Wildman–Crippen MR) is 107 cm³/mol. The Labute approximate surface area is 165 Å². The van der Waals surface area contributed by atoms with Gasteiger partial charge in [-0.15, -0.1) is 24.0 Å².